The van der Waals surface area contributed by atoms with Crippen molar-refractivity contribution >= 4 is 5.91 Å². The maximum Gasteiger partial charge on any atom is 0.257 e. The molecule has 0 aliphatic carbocycles. The fraction of sp³-hybridized carbons (Fsp3) is 0.429. The highest BCUT2D eigenvalue weighted by Gasteiger charge is 2.27. The lowest BCUT2D eigenvalue weighted by atomic mass is 10.0. The first-order chi connectivity index (χ1) is 14.0. The maximum atomic E-state index is 13.0. The van der Waals surface area contributed by atoms with Gasteiger partial charge >= 0.3 is 0 Å². The van der Waals surface area contributed by atoms with Gasteiger partial charge in [0.05, 0.1) is 12.1 Å². The highest BCUT2D eigenvalue weighted by atomic mass is 19.1. The normalized spacial score (nSPS) is 16.5. The first-order valence-corrected chi connectivity index (χ1v) is 9.77. The number of likely N-dealkylation sites (tertiary alicyclic amines) is 1. The van der Waals surface area contributed by atoms with Crippen LogP contribution in [0.15, 0.2) is 33.3 Å². The molecule has 3 heterocycles. The number of rotatable bonds is 6. The molecule has 0 bridgehead atoms. The topological polar surface area (TPSA) is 85.3 Å². The van der Waals surface area contributed by atoms with E-state index in [9.17, 15) is 9.18 Å². The standard InChI is InChI=1S/C21H23FN4O3/c1-13-18(14(2)28-24-13)11-20(27)26-10-9-15(12-26)3-8-19-23-21(29-25-19)16-4-6-17(22)7-5-16/h4-7,15H,3,8-12H2,1-2H3. The van der Waals surface area contributed by atoms with Crippen LogP contribution in [0.5, 0.6) is 0 Å². The molecule has 1 aliphatic heterocycles. The third kappa shape index (κ3) is 4.36. The average molecular weight is 398 g/mol. The van der Waals surface area contributed by atoms with Gasteiger partial charge in [-0.3, -0.25) is 4.79 Å². The van der Waals surface area contributed by atoms with Crippen molar-refractivity contribution in [1.29, 1.82) is 0 Å². The van der Waals surface area contributed by atoms with E-state index in [4.69, 9.17) is 9.05 Å². The van der Waals surface area contributed by atoms with Gasteiger partial charge in [-0.15, -0.1) is 0 Å². The zero-order chi connectivity index (χ0) is 20.4. The Morgan fingerprint density at radius 3 is 2.72 bits per heavy atom. The van der Waals surface area contributed by atoms with Crippen molar-refractivity contribution in [1.82, 2.24) is 20.2 Å². The second kappa shape index (κ2) is 8.14. The lowest BCUT2D eigenvalue weighted by molar-refractivity contribution is -0.129. The fourth-order valence-electron chi connectivity index (χ4n) is 3.71. The number of hydrogen-bond donors (Lipinski definition) is 0. The van der Waals surface area contributed by atoms with Gasteiger partial charge in [-0.05, 0) is 56.9 Å². The predicted octanol–water partition coefficient (Wildman–Crippen LogP) is 3.50. The largest absolute Gasteiger partial charge is 0.361 e. The maximum absolute atomic E-state index is 13.0. The molecule has 4 rings (SSSR count). The summed E-state index contributed by atoms with van der Waals surface area (Å²) in [6.45, 7) is 5.20. The molecular formula is C21H23FN4O3. The number of aromatic nitrogens is 3. The molecule has 1 saturated heterocycles. The monoisotopic (exact) mass is 398 g/mol. The van der Waals surface area contributed by atoms with Gasteiger partial charge in [-0.1, -0.05) is 10.3 Å². The van der Waals surface area contributed by atoms with Gasteiger partial charge < -0.3 is 13.9 Å². The van der Waals surface area contributed by atoms with Crippen LogP contribution in [0, 0.1) is 25.6 Å². The van der Waals surface area contributed by atoms with Crippen molar-refractivity contribution in [3.05, 3.63) is 52.9 Å². The van der Waals surface area contributed by atoms with Crippen LogP contribution in [0.25, 0.3) is 11.5 Å². The van der Waals surface area contributed by atoms with Crippen LogP contribution in [0.1, 0.15) is 35.7 Å². The summed E-state index contributed by atoms with van der Waals surface area (Å²) in [5.74, 6) is 1.95. The average Bonchev–Trinajstić information content (AvgIpc) is 3.44. The molecule has 3 aromatic rings. The first kappa shape index (κ1) is 19.3. The minimum Gasteiger partial charge on any atom is -0.361 e. The van der Waals surface area contributed by atoms with E-state index in [2.05, 4.69) is 15.3 Å². The number of hydrogen-bond acceptors (Lipinski definition) is 6. The number of nitrogens with zero attached hydrogens (tertiary/aromatic N) is 4. The molecule has 8 heteroatoms. The fourth-order valence-corrected chi connectivity index (χ4v) is 3.71. The molecule has 1 atom stereocenters. The highest BCUT2D eigenvalue weighted by Crippen LogP contribution is 2.24. The van der Waals surface area contributed by atoms with E-state index in [0.29, 0.717) is 41.8 Å². The summed E-state index contributed by atoms with van der Waals surface area (Å²) in [7, 11) is 0. The van der Waals surface area contributed by atoms with Crippen LogP contribution < -0.4 is 0 Å². The van der Waals surface area contributed by atoms with E-state index in [1.807, 2.05) is 18.7 Å². The Morgan fingerprint density at radius 2 is 2.00 bits per heavy atom. The Bertz CT molecular complexity index is 976. The lowest BCUT2D eigenvalue weighted by Crippen LogP contribution is -2.30. The molecule has 1 unspecified atom stereocenters. The molecule has 152 valence electrons. The Balaban J connectivity index is 1.28. The molecule has 1 amide bonds. The summed E-state index contributed by atoms with van der Waals surface area (Å²) >= 11 is 0. The number of carbonyl (C=O) groups excluding carboxylic acids is 1. The Morgan fingerprint density at radius 1 is 1.21 bits per heavy atom. The van der Waals surface area contributed by atoms with Gasteiger partial charge in [-0.2, -0.15) is 4.98 Å². The summed E-state index contributed by atoms with van der Waals surface area (Å²) in [4.78, 5) is 18.9. The second-order valence-corrected chi connectivity index (χ2v) is 7.54. The summed E-state index contributed by atoms with van der Waals surface area (Å²) in [6.07, 6.45) is 2.87. The molecule has 0 spiro atoms. The molecule has 1 aromatic carbocycles. The minimum atomic E-state index is -0.303. The van der Waals surface area contributed by atoms with E-state index >= 15 is 0 Å². The van der Waals surface area contributed by atoms with Crippen molar-refractivity contribution in [2.24, 2.45) is 5.92 Å². The molecular weight excluding hydrogens is 375 g/mol. The second-order valence-electron chi connectivity index (χ2n) is 7.54. The zero-order valence-electron chi connectivity index (χ0n) is 16.5. The Kier molecular flexibility index (Phi) is 5.42. The number of amides is 1. The zero-order valence-corrected chi connectivity index (χ0v) is 16.5. The van der Waals surface area contributed by atoms with Crippen molar-refractivity contribution in [2.75, 3.05) is 13.1 Å². The van der Waals surface area contributed by atoms with Gasteiger partial charge in [-0.25, -0.2) is 4.39 Å². The summed E-state index contributed by atoms with van der Waals surface area (Å²) in [6, 6.07) is 5.97. The van der Waals surface area contributed by atoms with E-state index in [0.717, 1.165) is 37.2 Å². The van der Waals surface area contributed by atoms with Crippen molar-refractivity contribution in [3.63, 3.8) is 0 Å². The third-order valence-electron chi connectivity index (χ3n) is 5.48. The van der Waals surface area contributed by atoms with Crippen LogP contribution in [-0.2, 0) is 17.6 Å². The van der Waals surface area contributed by atoms with Crippen molar-refractivity contribution < 1.29 is 18.2 Å². The molecule has 1 aliphatic rings. The van der Waals surface area contributed by atoms with E-state index in [1.165, 1.54) is 12.1 Å². The van der Waals surface area contributed by atoms with Crippen LogP contribution in [-0.4, -0.2) is 39.2 Å². The molecule has 2 aromatic heterocycles. The Hall–Kier alpha value is -3.03. The van der Waals surface area contributed by atoms with Gasteiger partial charge in [0.15, 0.2) is 5.82 Å². The molecule has 0 saturated carbocycles. The molecule has 0 N–H and O–H groups in total. The number of carbonyl (C=O) groups is 1. The summed E-state index contributed by atoms with van der Waals surface area (Å²) < 4.78 is 23.5. The molecule has 0 radical (unpaired) electrons. The summed E-state index contributed by atoms with van der Waals surface area (Å²) in [5, 5.41) is 7.94. The highest BCUT2D eigenvalue weighted by molar-refractivity contribution is 5.79. The van der Waals surface area contributed by atoms with Crippen LogP contribution in [0.4, 0.5) is 4.39 Å². The van der Waals surface area contributed by atoms with Gasteiger partial charge in [0, 0.05) is 30.6 Å². The number of halogens is 1. The number of benzene rings is 1. The predicted molar refractivity (Wildman–Crippen MR) is 102 cm³/mol. The molecule has 29 heavy (non-hydrogen) atoms. The first-order valence-electron chi connectivity index (χ1n) is 9.77. The van der Waals surface area contributed by atoms with Crippen LogP contribution >= 0.6 is 0 Å². The van der Waals surface area contributed by atoms with E-state index in [-0.39, 0.29) is 11.7 Å². The van der Waals surface area contributed by atoms with Crippen LogP contribution in [0.2, 0.25) is 0 Å². The summed E-state index contributed by atoms with van der Waals surface area (Å²) in [5.41, 5.74) is 2.36. The van der Waals surface area contributed by atoms with Gasteiger partial charge in [0.25, 0.3) is 5.89 Å². The van der Waals surface area contributed by atoms with Gasteiger partial charge in [0.2, 0.25) is 5.91 Å². The molecule has 7 nitrogen and oxygen atoms in total. The van der Waals surface area contributed by atoms with Crippen molar-refractivity contribution in [2.45, 2.75) is 39.5 Å². The van der Waals surface area contributed by atoms with Crippen LogP contribution in [0.3, 0.4) is 0 Å². The number of aryl methyl sites for hydroxylation is 3. The lowest BCUT2D eigenvalue weighted by Gasteiger charge is -2.16. The third-order valence-corrected chi connectivity index (χ3v) is 5.48. The molecule has 1 fully saturated rings. The SMILES string of the molecule is Cc1noc(C)c1CC(=O)N1CCC(CCc2noc(-c3ccc(F)cc3)n2)C1. The smallest absolute Gasteiger partial charge is 0.257 e. The quantitative estimate of drug-likeness (QED) is 0.632. The van der Waals surface area contributed by atoms with E-state index in [1.54, 1.807) is 12.1 Å². The Labute approximate surface area is 167 Å². The van der Waals surface area contributed by atoms with E-state index < -0.39 is 0 Å². The van der Waals surface area contributed by atoms with Crippen molar-refractivity contribution in [3.8, 4) is 11.5 Å². The minimum absolute atomic E-state index is 0.111. The van der Waals surface area contributed by atoms with Gasteiger partial charge in [0.1, 0.15) is 11.6 Å².